The smallest absolute Gasteiger partial charge is 0.338 e. The number of ether oxygens (including phenoxy) is 1. The van der Waals surface area contributed by atoms with Gasteiger partial charge in [-0.05, 0) is 31.5 Å². The fourth-order valence-corrected chi connectivity index (χ4v) is 1.82. The van der Waals surface area contributed by atoms with Gasteiger partial charge in [0, 0.05) is 11.1 Å². The molecule has 126 valence electrons. The molecule has 6 heteroatoms. The van der Waals surface area contributed by atoms with Crippen LogP contribution in [0.5, 0.6) is 0 Å². The highest BCUT2D eigenvalue weighted by Gasteiger charge is 2.25. The second-order valence-electron chi connectivity index (χ2n) is 6.40. The van der Waals surface area contributed by atoms with Gasteiger partial charge in [0.1, 0.15) is 6.04 Å². The SMILES string of the molecule is COC(=O)c1cccc(NC(=O)C(C)NC(=O)C(C)(C)C)c1C. The van der Waals surface area contributed by atoms with E-state index in [2.05, 4.69) is 10.6 Å². The summed E-state index contributed by atoms with van der Waals surface area (Å²) in [6.45, 7) is 8.66. The van der Waals surface area contributed by atoms with Crippen LogP contribution in [0.25, 0.3) is 0 Å². The van der Waals surface area contributed by atoms with E-state index in [1.165, 1.54) is 7.11 Å². The number of hydrogen-bond donors (Lipinski definition) is 2. The number of carbonyl (C=O) groups excluding carboxylic acids is 3. The van der Waals surface area contributed by atoms with Gasteiger partial charge >= 0.3 is 5.97 Å². The maximum atomic E-state index is 12.2. The summed E-state index contributed by atoms with van der Waals surface area (Å²) in [7, 11) is 1.30. The Morgan fingerprint density at radius 3 is 2.30 bits per heavy atom. The molecule has 0 aliphatic rings. The van der Waals surface area contributed by atoms with Crippen LogP contribution in [0.2, 0.25) is 0 Å². The lowest BCUT2D eigenvalue weighted by atomic mass is 9.95. The van der Waals surface area contributed by atoms with E-state index < -0.39 is 17.4 Å². The molecule has 0 aliphatic carbocycles. The van der Waals surface area contributed by atoms with Crippen molar-refractivity contribution in [3.63, 3.8) is 0 Å². The predicted molar refractivity (Wildman–Crippen MR) is 88.2 cm³/mol. The van der Waals surface area contributed by atoms with Gasteiger partial charge in [-0.2, -0.15) is 0 Å². The number of carbonyl (C=O) groups is 3. The summed E-state index contributed by atoms with van der Waals surface area (Å²) in [6.07, 6.45) is 0. The lowest BCUT2D eigenvalue weighted by Crippen LogP contribution is -2.46. The molecule has 1 aromatic rings. The summed E-state index contributed by atoms with van der Waals surface area (Å²) in [5.41, 5.74) is 0.934. The van der Waals surface area contributed by atoms with Gasteiger partial charge in [-0.15, -0.1) is 0 Å². The first kappa shape index (κ1) is 18.7. The van der Waals surface area contributed by atoms with E-state index in [1.54, 1.807) is 52.8 Å². The fourth-order valence-electron chi connectivity index (χ4n) is 1.82. The molecule has 2 amide bonds. The van der Waals surface area contributed by atoms with Crippen LogP contribution in [0, 0.1) is 12.3 Å². The number of benzene rings is 1. The standard InChI is InChI=1S/C17H24N2O4/c1-10-12(15(21)23-6)8-7-9-13(10)19-14(20)11(2)18-16(22)17(3,4)5/h7-9,11H,1-6H3,(H,18,22)(H,19,20). The van der Waals surface area contributed by atoms with Crippen molar-refractivity contribution in [2.45, 2.75) is 40.7 Å². The molecule has 0 aromatic heterocycles. The third-order valence-corrected chi connectivity index (χ3v) is 3.42. The number of nitrogens with one attached hydrogen (secondary N) is 2. The number of esters is 1. The number of hydrogen-bond acceptors (Lipinski definition) is 4. The van der Waals surface area contributed by atoms with Gasteiger partial charge in [-0.1, -0.05) is 26.8 Å². The van der Waals surface area contributed by atoms with Crippen molar-refractivity contribution in [1.82, 2.24) is 5.32 Å². The largest absolute Gasteiger partial charge is 0.465 e. The Bertz CT molecular complexity index is 618. The van der Waals surface area contributed by atoms with E-state index in [9.17, 15) is 14.4 Å². The zero-order valence-electron chi connectivity index (χ0n) is 14.4. The first-order valence-corrected chi connectivity index (χ1v) is 7.37. The van der Waals surface area contributed by atoms with Crippen molar-refractivity contribution in [2.75, 3.05) is 12.4 Å². The first-order chi connectivity index (χ1) is 10.6. The molecule has 0 aliphatic heterocycles. The zero-order chi connectivity index (χ0) is 17.8. The van der Waals surface area contributed by atoms with Crippen LogP contribution in [-0.2, 0) is 14.3 Å². The number of methoxy groups -OCH3 is 1. The van der Waals surface area contributed by atoms with Gasteiger partial charge in [-0.25, -0.2) is 4.79 Å². The van der Waals surface area contributed by atoms with Crippen LogP contribution < -0.4 is 10.6 Å². The normalized spacial score (nSPS) is 12.3. The highest BCUT2D eigenvalue weighted by atomic mass is 16.5. The summed E-state index contributed by atoms with van der Waals surface area (Å²) < 4.78 is 4.71. The average molecular weight is 320 g/mol. The van der Waals surface area contributed by atoms with Crippen LogP contribution in [0.3, 0.4) is 0 Å². The lowest BCUT2D eigenvalue weighted by Gasteiger charge is -2.22. The van der Waals surface area contributed by atoms with E-state index in [-0.39, 0.29) is 11.8 Å². The molecular formula is C17H24N2O4. The summed E-state index contributed by atoms with van der Waals surface area (Å²) in [4.78, 5) is 35.8. The highest BCUT2D eigenvalue weighted by Crippen LogP contribution is 2.20. The van der Waals surface area contributed by atoms with Crippen LogP contribution in [0.1, 0.15) is 43.6 Å². The van der Waals surface area contributed by atoms with Crippen LogP contribution in [0.4, 0.5) is 5.69 Å². The zero-order valence-corrected chi connectivity index (χ0v) is 14.4. The Labute approximate surface area is 136 Å². The maximum absolute atomic E-state index is 12.2. The van der Waals surface area contributed by atoms with E-state index in [1.807, 2.05) is 0 Å². The maximum Gasteiger partial charge on any atom is 0.338 e. The van der Waals surface area contributed by atoms with E-state index >= 15 is 0 Å². The number of anilines is 1. The average Bonchev–Trinajstić information content (AvgIpc) is 2.47. The predicted octanol–water partition coefficient (Wildman–Crippen LogP) is 2.27. The van der Waals surface area contributed by atoms with Crippen molar-refractivity contribution in [1.29, 1.82) is 0 Å². The Morgan fingerprint density at radius 1 is 1.17 bits per heavy atom. The van der Waals surface area contributed by atoms with Gasteiger partial charge in [-0.3, -0.25) is 9.59 Å². The third-order valence-electron chi connectivity index (χ3n) is 3.42. The van der Waals surface area contributed by atoms with E-state index in [4.69, 9.17) is 4.74 Å². The molecule has 0 saturated carbocycles. The van der Waals surface area contributed by atoms with Crippen molar-refractivity contribution in [3.8, 4) is 0 Å². The van der Waals surface area contributed by atoms with E-state index in [0.29, 0.717) is 16.8 Å². The number of amides is 2. The first-order valence-electron chi connectivity index (χ1n) is 7.37. The molecule has 0 saturated heterocycles. The van der Waals surface area contributed by atoms with E-state index in [0.717, 1.165) is 0 Å². The highest BCUT2D eigenvalue weighted by molar-refractivity contribution is 6.00. The molecule has 1 unspecified atom stereocenters. The van der Waals surface area contributed by atoms with Gasteiger partial charge < -0.3 is 15.4 Å². The fraction of sp³-hybridized carbons (Fsp3) is 0.471. The minimum atomic E-state index is -0.692. The molecule has 1 atom stereocenters. The topological polar surface area (TPSA) is 84.5 Å². The summed E-state index contributed by atoms with van der Waals surface area (Å²) >= 11 is 0. The molecule has 2 N–H and O–H groups in total. The van der Waals surface area contributed by atoms with Gasteiger partial charge in [0.2, 0.25) is 11.8 Å². The summed E-state index contributed by atoms with van der Waals surface area (Å²) in [6, 6.07) is 4.29. The second kappa shape index (κ2) is 7.26. The lowest BCUT2D eigenvalue weighted by molar-refractivity contribution is -0.131. The molecule has 6 nitrogen and oxygen atoms in total. The third kappa shape index (κ3) is 4.81. The monoisotopic (exact) mass is 320 g/mol. The molecule has 0 heterocycles. The van der Waals surface area contributed by atoms with Crippen molar-refractivity contribution < 1.29 is 19.1 Å². The van der Waals surface area contributed by atoms with Crippen LogP contribution in [-0.4, -0.2) is 30.9 Å². The molecule has 0 fully saturated rings. The summed E-state index contributed by atoms with van der Waals surface area (Å²) in [5, 5.41) is 5.39. The van der Waals surface area contributed by atoms with Crippen molar-refractivity contribution in [3.05, 3.63) is 29.3 Å². The second-order valence-corrected chi connectivity index (χ2v) is 6.40. The van der Waals surface area contributed by atoms with Crippen molar-refractivity contribution in [2.24, 2.45) is 5.41 Å². The Hall–Kier alpha value is -2.37. The molecular weight excluding hydrogens is 296 g/mol. The van der Waals surface area contributed by atoms with Gasteiger partial charge in [0.15, 0.2) is 0 Å². The molecule has 1 rings (SSSR count). The van der Waals surface area contributed by atoms with Crippen LogP contribution in [0.15, 0.2) is 18.2 Å². The van der Waals surface area contributed by atoms with Crippen LogP contribution >= 0.6 is 0 Å². The Morgan fingerprint density at radius 2 is 1.78 bits per heavy atom. The quantitative estimate of drug-likeness (QED) is 0.834. The number of rotatable bonds is 4. The molecule has 0 bridgehead atoms. The Balaban J connectivity index is 2.86. The van der Waals surface area contributed by atoms with Gasteiger partial charge in [0.05, 0.1) is 12.7 Å². The summed E-state index contributed by atoms with van der Waals surface area (Å²) in [5.74, 6) is -1.03. The molecule has 0 spiro atoms. The Kier molecular flexibility index (Phi) is 5.90. The van der Waals surface area contributed by atoms with Crippen molar-refractivity contribution >= 4 is 23.5 Å². The minimum Gasteiger partial charge on any atom is -0.465 e. The molecule has 23 heavy (non-hydrogen) atoms. The molecule has 0 radical (unpaired) electrons. The van der Waals surface area contributed by atoms with Gasteiger partial charge in [0.25, 0.3) is 0 Å². The minimum absolute atomic E-state index is 0.208. The molecule has 1 aromatic carbocycles.